The molecule has 0 bridgehead atoms. The maximum absolute atomic E-state index is 10.7. The molecule has 0 saturated heterocycles. The molecule has 0 rings (SSSR count). The van der Waals surface area contributed by atoms with Crippen LogP contribution in [0.25, 0.3) is 0 Å². The van der Waals surface area contributed by atoms with Gasteiger partial charge in [0, 0.05) is 0 Å². The van der Waals surface area contributed by atoms with Gasteiger partial charge in [-0.25, -0.2) is 0 Å². The third-order valence-corrected chi connectivity index (χ3v) is 3.28. The quantitative estimate of drug-likeness (QED) is 0.236. The molecule has 0 atom stereocenters. The highest BCUT2D eigenvalue weighted by atomic mass is 35.5. The third kappa shape index (κ3) is 6.50. The first-order chi connectivity index (χ1) is 7.90. The molecule has 6 nitrogen and oxygen atoms in total. The van der Waals surface area contributed by atoms with Crippen molar-refractivity contribution in [2.24, 2.45) is 0 Å². The fourth-order valence-corrected chi connectivity index (χ4v) is 2.08. The molecule has 0 heterocycles. The van der Waals surface area contributed by atoms with E-state index in [4.69, 9.17) is 23.2 Å². The first-order valence-corrected chi connectivity index (χ1v) is 6.32. The van der Waals surface area contributed by atoms with Gasteiger partial charge in [-0.2, -0.15) is 0 Å². The van der Waals surface area contributed by atoms with E-state index in [0.717, 1.165) is 24.6 Å². The van der Waals surface area contributed by atoms with Crippen molar-refractivity contribution in [1.82, 2.24) is 0 Å². The Morgan fingerprint density at radius 2 is 1.88 bits per heavy atom. The van der Waals surface area contributed by atoms with E-state index in [0.29, 0.717) is 11.8 Å². The van der Waals surface area contributed by atoms with E-state index < -0.39 is 20.7 Å². The van der Waals surface area contributed by atoms with Gasteiger partial charge in [0.1, 0.15) is 6.08 Å². The van der Waals surface area contributed by atoms with Crippen LogP contribution in [0.5, 0.6) is 0 Å². The summed E-state index contributed by atoms with van der Waals surface area (Å²) in [7, 11) is 0. The molecule has 0 fully saturated rings. The molecular formula is C8H10Cl2N2O4S. The summed E-state index contributed by atoms with van der Waals surface area (Å²) in [6, 6.07) is 0. The largest absolute Gasteiger partial charge is 0.344 e. The lowest BCUT2D eigenvalue weighted by atomic mass is 10.4. The Kier molecular flexibility index (Phi) is 7.94. The van der Waals surface area contributed by atoms with Crippen LogP contribution in [0.2, 0.25) is 0 Å². The number of allylic oxidation sites excluding steroid dienone is 1. The predicted octanol–water partition coefficient (Wildman–Crippen LogP) is 3.56. The van der Waals surface area contributed by atoms with Crippen LogP contribution in [-0.4, -0.2) is 15.6 Å². The maximum Gasteiger partial charge on any atom is 0.344 e. The van der Waals surface area contributed by atoms with Crippen LogP contribution < -0.4 is 0 Å². The minimum Gasteiger partial charge on any atom is -0.258 e. The highest BCUT2D eigenvalue weighted by molar-refractivity contribution is 8.04. The van der Waals surface area contributed by atoms with E-state index >= 15 is 0 Å². The molecule has 0 N–H and O–H groups in total. The number of nitro groups is 2. The lowest BCUT2D eigenvalue weighted by molar-refractivity contribution is -0.427. The molecule has 0 unspecified atom stereocenters. The Hall–Kier alpha value is -0.790. The Bertz CT molecular complexity index is 371. The van der Waals surface area contributed by atoms with Crippen molar-refractivity contribution in [3.8, 4) is 0 Å². The van der Waals surface area contributed by atoms with Gasteiger partial charge in [-0.05, 0) is 23.8 Å². The van der Waals surface area contributed by atoms with E-state index in [1.165, 1.54) is 0 Å². The fraction of sp³-hybridized carbons (Fsp3) is 0.500. The third-order valence-electron chi connectivity index (χ3n) is 1.55. The summed E-state index contributed by atoms with van der Waals surface area (Å²) in [6.45, 7) is 1.97. The summed E-state index contributed by atoms with van der Waals surface area (Å²) < 4.78 is -0.108. The Balaban J connectivity index is 4.95. The first-order valence-electron chi connectivity index (χ1n) is 4.58. The minimum atomic E-state index is -0.925. The molecule has 0 aromatic heterocycles. The zero-order chi connectivity index (χ0) is 13.4. The molecule has 0 saturated carbocycles. The molecule has 0 amide bonds. The molecule has 0 aromatic rings. The van der Waals surface area contributed by atoms with Crippen molar-refractivity contribution in [2.45, 2.75) is 19.8 Å². The van der Waals surface area contributed by atoms with Gasteiger partial charge >= 0.3 is 10.9 Å². The first kappa shape index (κ1) is 16.2. The monoisotopic (exact) mass is 300 g/mol. The normalized spacial score (nSPS) is 13.2. The summed E-state index contributed by atoms with van der Waals surface area (Å²) in [5.74, 6) is 0.608. The molecule has 0 aliphatic carbocycles. The number of hydrogen-bond donors (Lipinski definition) is 0. The van der Waals surface area contributed by atoms with Crippen molar-refractivity contribution in [3.05, 3.63) is 41.5 Å². The van der Waals surface area contributed by atoms with Gasteiger partial charge in [0.25, 0.3) is 0 Å². The van der Waals surface area contributed by atoms with Crippen LogP contribution in [0.3, 0.4) is 0 Å². The Morgan fingerprint density at radius 3 is 2.29 bits per heavy atom. The summed E-state index contributed by atoms with van der Waals surface area (Å²) in [4.78, 5) is 19.2. The van der Waals surface area contributed by atoms with Crippen molar-refractivity contribution < 1.29 is 9.85 Å². The zero-order valence-electron chi connectivity index (χ0n) is 8.89. The van der Waals surface area contributed by atoms with Crippen molar-refractivity contribution in [2.75, 3.05) is 5.75 Å². The fourth-order valence-electron chi connectivity index (χ4n) is 0.727. The number of nitrogens with zero attached hydrogens (tertiary/aromatic N) is 2. The number of thioether (sulfide) groups is 1. The van der Waals surface area contributed by atoms with Crippen LogP contribution >= 0.6 is 35.0 Å². The van der Waals surface area contributed by atoms with E-state index in [2.05, 4.69) is 0 Å². The SMILES string of the molecule is CCCCSC(Cl)=C(C=C(Cl)[N+](=O)[O-])[N+](=O)[O-]. The van der Waals surface area contributed by atoms with E-state index in [-0.39, 0.29) is 4.36 Å². The van der Waals surface area contributed by atoms with E-state index in [9.17, 15) is 20.2 Å². The van der Waals surface area contributed by atoms with E-state index in [1.54, 1.807) is 0 Å². The molecule has 9 heteroatoms. The molecule has 17 heavy (non-hydrogen) atoms. The molecule has 0 spiro atoms. The standard InChI is InChI=1S/C8H10Cl2N2O4S/c1-2-3-4-17-8(10)6(11(13)14)5-7(9)12(15)16/h5H,2-4H2,1H3. The number of unbranched alkanes of at least 4 members (excludes halogenated alkanes) is 1. The number of rotatable bonds is 7. The van der Waals surface area contributed by atoms with Crippen LogP contribution in [0, 0.1) is 20.2 Å². The average molecular weight is 301 g/mol. The van der Waals surface area contributed by atoms with Crippen LogP contribution in [-0.2, 0) is 0 Å². The Labute approximate surface area is 112 Å². The second kappa shape index (κ2) is 8.32. The molecule has 0 aliphatic rings. The Morgan fingerprint density at radius 1 is 1.29 bits per heavy atom. The van der Waals surface area contributed by atoms with Gasteiger partial charge in [-0.15, -0.1) is 11.8 Å². The van der Waals surface area contributed by atoms with Crippen LogP contribution in [0.15, 0.2) is 21.3 Å². The summed E-state index contributed by atoms with van der Waals surface area (Å²) >= 11 is 12.0. The second-order valence-electron chi connectivity index (χ2n) is 2.84. The molecule has 96 valence electrons. The van der Waals surface area contributed by atoms with Gasteiger partial charge in [0.05, 0.1) is 9.85 Å². The number of halogens is 2. The van der Waals surface area contributed by atoms with Gasteiger partial charge < -0.3 is 0 Å². The molecular weight excluding hydrogens is 291 g/mol. The smallest absolute Gasteiger partial charge is 0.258 e. The molecule has 0 radical (unpaired) electrons. The zero-order valence-corrected chi connectivity index (χ0v) is 11.2. The van der Waals surface area contributed by atoms with Gasteiger partial charge in [0.15, 0.2) is 4.36 Å². The summed E-state index contributed by atoms with van der Waals surface area (Å²) in [6.07, 6.45) is 2.41. The van der Waals surface area contributed by atoms with Gasteiger partial charge in [-0.1, -0.05) is 24.9 Å². The van der Waals surface area contributed by atoms with Crippen molar-refractivity contribution >= 4 is 35.0 Å². The lowest BCUT2D eigenvalue weighted by Gasteiger charge is -1.98. The van der Waals surface area contributed by atoms with Crippen LogP contribution in [0.4, 0.5) is 0 Å². The average Bonchev–Trinajstić information content (AvgIpc) is 2.24. The highest BCUT2D eigenvalue weighted by Crippen LogP contribution is 2.27. The minimum absolute atomic E-state index is 0.108. The van der Waals surface area contributed by atoms with Gasteiger partial charge in [-0.3, -0.25) is 20.2 Å². The summed E-state index contributed by atoms with van der Waals surface area (Å²) in [5.41, 5.74) is -0.561. The molecule has 0 aromatic carbocycles. The maximum atomic E-state index is 10.7. The lowest BCUT2D eigenvalue weighted by Crippen LogP contribution is -2.01. The van der Waals surface area contributed by atoms with E-state index in [1.807, 2.05) is 6.92 Å². The second-order valence-corrected chi connectivity index (χ2v) is 4.94. The number of hydrogen-bond acceptors (Lipinski definition) is 5. The van der Waals surface area contributed by atoms with Crippen molar-refractivity contribution in [1.29, 1.82) is 0 Å². The van der Waals surface area contributed by atoms with Crippen LogP contribution in [0.1, 0.15) is 19.8 Å². The van der Waals surface area contributed by atoms with Gasteiger partial charge in [0.2, 0.25) is 0 Å². The molecule has 0 aliphatic heterocycles. The topological polar surface area (TPSA) is 86.3 Å². The summed E-state index contributed by atoms with van der Waals surface area (Å²) in [5, 5.41) is 20.1. The predicted molar refractivity (Wildman–Crippen MR) is 68.2 cm³/mol. The highest BCUT2D eigenvalue weighted by Gasteiger charge is 2.20. The van der Waals surface area contributed by atoms with Crippen molar-refractivity contribution in [3.63, 3.8) is 0 Å².